The standard InChI is InChI=1S/C25H21ClN4Si/c1-31(2,3)20-14-12-18(13-15-20)21-6-4-5-7-22(21)24-28-23(29-25(26)30-24)19-10-8-17(16-27)9-11-19/h4-15H,1-3H3. The van der Waals surface area contributed by atoms with Crippen LogP contribution in [0.2, 0.25) is 24.9 Å². The van der Waals surface area contributed by atoms with Gasteiger partial charge in [0, 0.05) is 11.1 Å². The highest BCUT2D eigenvalue weighted by Gasteiger charge is 2.17. The molecule has 0 N–H and O–H groups in total. The van der Waals surface area contributed by atoms with Gasteiger partial charge >= 0.3 is 0 Å². The van der Waals surface area contributed by atoms with Crippen molar-refractivity contribution in [3.8, 4) is 40.0 Å². The van der Waals surface area contributed by atoms with Crippen LogP contribution in [0.5, 0.6) is 0 Å². The summed E-state index contributed by atoms with van der Waals surface area (Å²) in [5.74, 6) is 0.993. The van der Waals surface area contributed by atoms with Gasteiger partial charge in [0.2, 0.25) is 5.28 Å². The zero-order valence-corrected chi connectivity index (χ0v) is 19.4. The predicted octanol–water partition coefficient (Wildman–Crippen LogP) is 5.94. The summed E-state index contributed by atoms with van der Waals surface area (Å²) in [6.45, 7) is 7.02. The molecule has 0 fully saturated rings. The molecule has 0 amide bonds. The molecule has 0 spiro atoms. The van der Waals surface area contributed by atoms with E-state index in [1.807, 2.05) is 30.3 Å². The molecule has 6 heteroatoms. The topological polar surface area (TPSA) is 62.5 Å². The smallest absolute Gasteiger partial charge is 0.208 e. The molecule has 1 aromatic heterocycles. The van der Waals surface area contributed by atoms with Crippen molar-refractivity contribution in [2.24, 2.45) is 0 Å². The Morgan fingerprint density at radius 3 is 1.90 bits per heavy atom. The number of benzene rings is 3. The molecule has 0 bridgehead atoms. The first-order valence-corrected chi connectivity index (χ1v) is 13.9. The molecule has 152 valence electrons. The van der Waals surface area contributed by atoms with Crippen LogP contribution < -0.4 is 5.19 Å². The number of aromatic nitrogens is 3. The summed E-state index contributed by atoms with van der Waals surface area (Å²) in [7, 11) is -1.36. The van der Waals surface area contributed by atoms with E-state index in [-0.39, 0.29) is 5.28 Å². The summed E-state index contributed by atoms with van der Waals surface area (Å²) in [5.41, 5.74) is 4.40. The molecule has 0 radical (unpaired) electrons. The number of halogens is 1. The van der Waals surface area contributed by atoms with Crippen LogP contribution in [0, 0.1) is 11.3 Å². The molecule has 0 atom stereocenters. The average molecular weight is 441 g/mol. The van der Waals surface area contributed by atoms with Crippen LogP contribution in [0.15, 0.2) is 72.8 Å². The van der Waals surface area contributed by atoms with E-state index in [1.165, 1.54) is 5.19 Å². The Bertz CT molecular complexity index is 1270. The monoisotopic (exact) mass is 440 g/mol. The fourth-order valence-corrected chi connectivity index (χ4v) is 4.70. The molecule has 0 aliphatic carbocycles. The van der Waals surface area contributed by atoms with E-state index in [4.69, 9.17) is 16.9 Å². The van der Waals surface area contributed by atoms with Gasteiger partial charge in [-0.25, -0.2) is 4.98 Å². The third-order valence-corrected chi connectivity index (χ3v) is 7.34. The van der Waals surface area contributed by atoms with Gasteiger partial charge in [0.05, 0.1) is 19.7 Å². The van der Waals surface area contributed by atoms with E-state index in [0.29, 0.717) is 17.2 Å². The van der Waals surface area contributed by atoms with Crippen LogP contribution in [0.25, 0.3) is 33.9 Å². The minimum Gasteiger partial charge on any atom is -0.208 e. The molecule has 4 rings (SSSR count). The Kier molecular flexibility index (Phi) is 5.68. The van der Waals surface area contributed by atoms with Gasteiger partial charge in [0.15, 0.2) is 11.6 Å². The fraction of sp³-hybridized carbons (Fsp3) is 0.120. The molecular formula is C25H21ClN4Si. The molecule has 0 saturated carbocycles. The van der Waals surface area contributed by atoms with Crippen molar-refractivity contribution in [2.45, 2.75) is 19.6 Å². The third kappa shape index (κ3) is 4.56. The minimum absolute atomic E-state index is 0.133. The summed E-state index contributed by atoms with van der Waals surface area (Å²) < 4.78 is 0. The van der Waals surface area contributed by atoms with Crippen molar-refractivity contribution >= 4 is 24.9 Å². The molecular weight excluding hydrogens is 420 g/mol. The fourth-order valence-electron chi connectivity index (χ4n) is 3.37. The van der Waals surface area contributed by atoms with E-state index in [2.05, 4.69) is 71.0 Å². The summed E-state index contributed by atoms with van der Waals surface area (Å²) in [5, 5.41) is 10.6. The highest BCUT2D eigenvalue weighted by Crippen LogP contribution is 2.31. The Hall–Kier alpha value is -3.33. The molecule has 3 aromatic carbocycles. The highest BCUT2D eigenvalue weighted by molar-refractivity contribution is 6.88. The summed E-state index contributed by atoms with van der Waals surface area (Å²) in [4.78, 5) is 13.4. The second-order valence-electron chi connectivity index (χ2n) is 8.31. The van der Waals surface area contributed by atoms with E-state index in [9.17, 15) is 0 Å². The maximum Gasteiger partial charge on any atom is 0.226 e. The summed E-state index contributed by atoms with van der Waals surface area (Å²) >= 11 is 6.27. The van der Waals surface area contributed by atoms with Gasteiger partial charge in [0.25, 0.3) is 0 Å². The molecule has 0 saturated heterocycles. The first kappa shape index (κ1) is 20.9. The van der Waals surface area contributed by atoms with Gasteiger partial charge in [-0.2, -0.15) is 15.2 Å². The Balaban J connectivity index is 1.79. The van der Waals surface area contributed by atoms with Crippen molar-refractivity contribution in [1.82, 2.24) is 15.0 Å². The molecule has 0 aliphatic rings. The second kappa shape index (κ2) is 8.42. The van der Waals surface area contributed by atoms with Crippen LogP contribution in [-0.2, 0) is 0 Å². The Morgan fingerprint density at radius 1 is 0.710 bits per heavy atom. The van der Waals surface area contributed by atoms with Crippen LogP contribution in [-0.4, -0.2) is 23.0 Å². The van der Waals surface area contributed by atoms with Gasteiger partial charge in [-0.3, -0.25) is 0 Å². The average Bonchev–Trinajstić information content (AvgIpc) is 2.78. The van der Waals surface area contributed by atoms with E-state index < -0.39 is 8.07 Å². The maximum atomic E-state index is 9.03. The normalized spacial score (nSPS) is 11.2. The number of hydrogen-bond donors (Lipinski definition) is 0. The zero-order chi connectivity index (χ0) is 22.0. The van der Waals surface area contributed by atoms with Crippen molar-refractivity contribution in [2.75, 3.05) is 0 Å². The van der Waals surface area contributed by atoms with Crippen LogP contribution in [0.3, 0.4) is 0 Å². The molecule has 4 nitrogen and oxygen atoms in total. The highest BCUT2D eigenvalue weighted by atomic mass is 35.5. The molecule has 0 aliphatic heterocycles. The van der Waals surface area contributed by atoms with Gasteiger partial charge in [-0.15, -0.1) is 0 Å². The molecule has 1 heterocycles. The quantitative estimate of drug-likeness (QED) is 0.368. The lowest BCUT2D eigenvalue weighted by Gasteiger charge is -2.17. The molecule has 31 heavy (non-hydrogen) atoms. The van der Waals surface area contributed by atoms with E-state index >= 15 is 0 Å². The lowest BCUT2D eigenvalue weighted by Crippen LogP contribution is -2.37. The minimum atomic E-state index is -1.36. The Labute approximate surface area is 188 Å². The Morgan fingerprint density at radius 2 is 1.29 bits per heavy atom. The lowest BCUT2D eigenvalue weighted by atomic mass is 9.99. The zero-order valence-electron chi connectivity index (χ0n) is 17.6. The van der Waals surface area contributed by atoms with Crippen molar-refractivity contribution in [3.05, 3.63) is 83.6 Å². The lowest BCUT2D eigenvalue weighted by molar-refractivity contribution is 1.07. The van der Waals surface area contributed by atoms with Gasteiger partial charge in [0.1, 0.15) is 0 Å². The van der Waals surface area contributed by atoms with Crippen molar-refractivity contribution in [1.29, 1.82) is 5.26 Å². The third-order valence-electron chi connectivity index (χ3n) is 5.11. The number of nitriles is 1. The first-order chi connectivity index (χ1) is 14.8. The largest absolute Gasteiger partial charge is 0.226 e. The molecule has 0 unspecified atom stereocenters. The van der Waals surface area contributed by atoms with Gasteiger partial charge in [-0.1, -0.05) is 73.4 Å². The first-order valence-electron chi connectivity index (χ1n) is 9.97. The second-order valence-corrected chi connectivity index (χ2v) is 13.7. The van der Waals surface area contributed by atoms with Crippen molar-refractivity contribution < 1.29 is 0 Å². The van der Waals surface area contributed by atoms with Gasteiger partial charge in [-0.05, 0) is 47.0 Å². The SMILES string of the molecule is C[Si](C)(C)c1ccc(-c2ccccc2-c2nc(Cl)nc(-c3ccc(C#N)cc3)n2)cc1. The summed E-state index contributed by atoms with van der Waals surface area (Å²) in [6.07, 6.45) is 0. The number of rotatable bonds is 4. The number of nitrogens with zero attached hydrogens (tertiary/aromatic N) is 4. The maximum absolute atomic E-state index is 9.03. The van der Waals surface area contributed by atoms with Crippen molar-refractivity contribution in [3.63, 3.8) is 0 Å². The van der Waals surface area contributed by atoms with Crippen LogP contribution >= 0.6 is 11.6 Å². The van der Waals surface area contributed by atoms with E-state index in [0.717, 1.165) is 22.3 Å². The predicted molar refractivity (Wildman–Crippen MR) is 129 cm³/mol. The van der Waals surface area contributed by atoms with Gasteiger partial charge < -0.3 is 0 Å². The summed E-state index contributed by atoms with van der Waals surface area (Å²) in [6, 6.07) is 26.0. The van der Waals surface area contributed by atoms with Crippen LogP contribution in [0.4, 0.5) is 0 Å². The van der Waals surface area contributed by atoms with E-state index in [1.54, 1.807) is 12.1 Å². The number of hydrogen-bond acceptors (Lipinski definition) is 4. The molecule has 4 aromatic rings. The van der Waals surface area contributed by atoms with Crippen LogP contribution in [0.1, 0.15) is 5.56 Å².